The van der Waals surface area contributed by atoms with E-state index >= 15 is 0 Å². The summed E-state index contributed by atoms with van der Waals surface area (Å²) in [6, 6.07) is 18.1. The zero-order valence-electron chi connectivity index (χ0n) is 13.4. The van der Waals surface area contributed by atoms with Crippen molar-refractivity contribution in [1.82, 2.24) is 0 Å². The average Bonchev–Trinajstić information content (AvgIpc) is 3.03. The molecule has 0 aliphatic heterocycles. The second-order valence-corrected chi connectivity index (χ2v) is 6.29. The van der Waals surface area contributed by atoms with E-state index in [9.17, 15) is 4.79 Å². The third-order valence-corrected chi connectivity index (χ3v) is 4.51. The second-order valence-electron chi connectivity index (χ2n) is 5.18. The van der Waals surface area contributed by atoms with Crippen LogP contribution in [-0.4, -0.2) is 12.6 Å². The van der Waals surface area contributed by atoms with Crippen molar-refractivity contribution in [3.63, 3.8) is 0 Å². The smallest absolute Gasteiger partial charge is 0.330 e. The molecule has 1 aromatic heterocycles. The van der Waals surface area contributed by atoms with Crippen LogP contribution in [0.25, 0.3) is 16.2 Å². The van der Waals surface area contributed by atoms with E-state index in [0.29, 0.717) is 13.2 Å². The summed E-state index contributed by atoms with van der Waals surface area (Å²) in [6.45, 7) is 2.71. The number of carbonyl (C=O) groups excluding carboxylic acids is 1. The molecule has 3 rings (SSSR count). The monoisotopic (exact) mass is 338 g/mol. The molecule has 2 aromatic carbocycles. The topological polar surface area (TPSA) is 35.5 Å². The fourth-order valence-corrected chi connectivity index (χ4v) is 3.32. The van der Waals surface area contributed by atoms with E-state index in [1.165, 1.54) is 6.08 Å². The van der Waals surface area contributed by atoms with Crippen LogP contribution in [0.15, 0.2) is 60.7 Å². The van der Waals surface area contributed by atoms with Gasteiger partial charge in [-0.2, -0.15) is 0 Å². The van der Waals surface area contributed by atoms with E-state index in [1.54, 1.807) is 24.3 Å². The predicted octanol–water partition coefficient (Wildman–Crippen LogP) is 5.06. The Kier molecular flexibility index (Phi) is 5.29. The maximum absolute atomic E-state index is 11.4. The summed E-state index contributed by atoms with van der Waals surface area (Å²) in [5.41, 5.74) is 1.13. The quantitative estimate of drug-likeness (QED) is 0.466. The lowest BCUT2D eigenvalue weighted by Gasteiger charge is -2.07. The van der Waals surface area contributed by atoms with Crippen molar-refractivity contribution in [1.29, 1.82) is 0 Å². The Bertz CT molecular complexity index is 850. The SMILES string of the molecule is CCOC(=O)/C=C/c1cc2c(OCc3ccccc3)cccc2s1. The second kappa shape index (κ2) is 7.79. The Balaban J connectivity index is 1.78. The van der Waals surface area contributed by atoms with Crippen molar-refractivity contribution in [3.8, 4) is 5.75 Å². The molecular formula is C20H18O3S. The van der Waals surface area contributed by atoms with Crippen LogP contribution in [0.1, 0.15) is 17.4 Å². The minimum atomic E-state index is -0.324. The third kappa shape index (κ3) is 4.03. The van der Waals surface area contributed by atoms with Gasteiger partial charge < -0.3 is 9.47 Å². The molecule has 0 spiro atoms. The summed E-state index contributed by atoms with van der Waals surface area (Å²) < 4.78 is 12.0. The van der Waals surface area contributed by atoms with Gasteiger partial charge in [0.25, 0.3) is 0 Å². The Morgan fingerprint density at radius 1 is 1.12 bits per heavy atom. The first-order valence-electron chi connectivity index (χ1n) is 7.80. The number of benzene rings is 2. The first kappa shape index (κ1) is 16.3. The molecule has 24 heavy (non-hydrogen) atoms. The highest BCUT2D eigenvalue weighted by Gasteiger charge is 2.07. The molecule has 0 aliphatic rings. The van der Waals surface area contributed by atoms with Crippen LogP contribution in [0.2, 0.25) is 0 Å². The molecule has 0 atom stereocenters. The molecule has 0 aliphatic carbocycles. The third-order valence-electron chi connectivity index (χ3n) is 3.45. The van der Waals surface area contributed by atoms with Gasteiger partial charge in [0.1, 0.15) is 12.4 Å². The van der Waals surface area contributed by atoms with Crippen molar-refractivity contribution < 1.29 is 14.3 Å². The Morgan fingerprint density at radius 2 is 1.96 bits per heavy atom. The summed E-state index contributed by atoms with van der Waals surface area (Å²) in [5.74, 6) is 0.527. The molecule has 4 heteroatoms. The summed E-state index contributed by atoms with van der Waals surface area (Å²) in [7, 11) is 0. The molecule has 0 unspecified atom stereocenters. The Hall–Kier alpha value is -2.59. The standard InChI is InChI=1S/C20H18O3S/c1-2-22-20(21)12-11-16-13-17-18(9-6-10-19(17)24-16)23-14-15-7-4-3-5-8-15/h3-13H,2,14H2,1H3/b12-11+. The van der Waals surface area contributed by atoms with Gasteiger partial charge in [0.2, 0.25) is 0 Å². The first-order chi connectivity index (χ1) is 11.8. The maximum Gasteiger partial charge on any atom is 0.330 e. The van der Waals surface area contributed by atoms with E-state index in [-0.39, 0.29) is 5.97 Å². The van der Waals surface area contributed by atoms with E-state index in [1.807, 2.05) is 48.5 Å². The molecule has 3 nitrogen and oxygen atoms in total. The van der Waals surface area contributed by atoms with Crippen LogP contribution in [0.4, 0.5) is 0 Å². The fourth-order valence-electron chi connectivity index (χ4n) is 2.34. The summed E-state index contributed by atoms with van der Waals surface area (Å²) in [5, 5.41) is 1.06. The van der Waals surface area contributed by atoms with Crippen LogP contribution in [0.5, 0.6) is 5.75 Å². The number of hydrogen-bond acceptors (Lipinski definition) is 4. The molecule has 0 radical (unpaired) electrons. The van der Waals surface area contributed by atoms with E-state index < -0.39 is 0 Å². The van der Waals surface area contributed by atoms with Crippen LogP contribution in [0, 0.1) is 0 Å². The molecule has 0 saturated carbocycles. The van der Waals surface area contributed by atoms with Gasteiger partial charge in [-0.1, -0.05) is 36.4 Å². The predicted molar refractivity (Wildman–Crippen MR) is 98.3 cm³/mol. The lowest BCUT2D eigenvalue weighted by Crippen LogP contribution is -1.98. The zero-order chi connectivity index (χ0) is 16.8. The zero-order valence-corrected chi connectivity index (χ0v) is 14.2. The highest BCUT2D eigenvalue weighted by Crippen LogP contribution is 2.33. The fraction of sp³-hybridized carbons (Fsp3) is 0.150. The number of ether oxygens (including phenoxy) is 2. The van der Waals surface area contributed by atoms with Crippen molar-refractivity contribution in [2.45, 2.75) is 13.5 Å². The highest BCUT2D eigenvalue weighted by atomic mass is 32.1. The number of hydrogen-bond donors (Lipinski definition) is 0. The van der Waals surface area contributed by atoms with Crippen molar-refractivity contribution in [3.05, 3.63) is 71.1 Å². The van der Waals surface area contributed by atoms with Crippen LogP contribution < -0.4 is 4.74 Å². The number of carbonyl (C=O) groups is 1. The number of fused-ring (bicyclic) bond motifs is 1. The molecule has 0 N–H and O–H groups in total. The van der Waals surface area contributed by atoms with Gasteiger partial charge in [-0.25, -0.2) is 4.79 Å². The molecular weight excluding hydrogens is 320 g/mol. The molecule has 0 fully saturated rings. The van der Waals surface area contributed by atoms with Crippen LogP contribution in [0.3, 0.4) is 0 Å². The Morgan fingerprint density at radius 3 is 2.75 bits per heavy atom. The molecule has 3 aromatic rings. The van der Waals surface area contributed by atoms with Gasteiger partial charge in [-0.3, -0.25) is 0 Å². The Labute approximate surface area is 145 Å². The molecule has 0 saturated heterocycles. The largest absolute Gasteiger partial charge is 0.488 e. The molecule has 1 heterocycles. The summed E-state index contributed by atoms with van der Waals surface area (Å²) in [6.07, 6.45) is 3.24. The average molecular weight is 338 g/mol. The minimum Gasteiger partial charge on any atom is -0.488 e. The van der Waals surface area contributed by atoms with E-state index in [0.717, 1.165) is 26.3 Å². The first-order valence-corrected chi connectivity index (χ1v) is 8.62. The normalized spacial score (nSPS) is 11.0. The highest BCUT2D eigenvalue weighted by molar-refractivity contribution is 7.19. The van der Waals surface area contributed by atoms with Crippen molar-refractivity contribution in [2.24, 2.45) is 0 Å². The molecule has 122 valence electrons. The van der Waals surface area contributed by atoms with E-state index in [4.69, 9.17) is 9.47 Å². The number of rotatable bonds is 6. The summed E-state index contributed by atoms with van der Waals surface area (Å²) >= 11 is 1.62. The maximum atomic E-state index is 11.4. The molecule has 0 bridgehead atoms. The van der Waals surface area contributed by atoms with Gasteiger partial charge in [0, 0.05) is 21.0 Å². The van der Waals surface area contributed by atoms with E-state index in [2.05, 4.69) is 6.07 Å². The lowest BCUT2D eigenvalue weighted by molar-refractivity contribution is -0.137. The van der Waals surface area contributed by atoms with Gasteiger partial charge in [-0.15, -0.1) is 11.3 Å². The van der Waals surface area contributed by atoms with Crippen molar-refractivity contribution in [2.75, 3.05) is 6.61 Å². The number of esters is 1. The van der Waals surface area contributed by atoms with Crippen LogP contribution in [-0.2, 0) is 16.1 Å². The van der Waals surface area contributed by atoms with Crippen molar-refractivity contribution >= 4 is 33.5 Å². The molecule has 0 amide bonds. The van der Waals surface area contributed by atoms with Gasteiger partial charge in [0.15, 0.2) is 0 Å². The summed E-state index contributed by atoms with van der Waals surface area (Å²) in [4.78, 5) is 12.4. The van der Waals surface area contributed by atoms with Gasteiger partial charge >= 0.3 is 5.97 Å². The lowest BCUT2D eigenvalue weighted by atomic mass is 10.2. The van der Waals surface area contributed by atoms with Gasteiger partial charge in [-0.05, 0) is 36.8 Å². The number of thiophene rings is 1. The van der Waals surface area contributed by atoms with Crippen LogP contribution >= 0.6 is 11.3 Å². The van der Waals surface area contributed by atoms with Gasteiger partial charge in [0.05, 0.1) is 6.61 Å². The minimum absolute atomic E-state index is 0.324.